The summed E-state index contributed by atoms with van der Waals surface area (Å²) in [6, 6.07) is 0. The third kappa shape index (κ3) is 0.530. The third-order valence-electron chi connectivity index (χ3n) is 4.80. The first-order chi connectivity index (χ1) is 5.87. The standard InChI is InChI=1S/C10H14N2/c1-6-2-8-3-7(1)5-10(8,4-6)9-11-12-9/h6-9H,1-5H2/t6-,7+,8?,10?. The summed E-state index contributed by atoms with van der Waals surface area (Å²) >= 11 is 0. The lowest BCUT2D eigenvalue weighted by Crippen LogP contribution is -2.28. The molecule has 0 aromatic heterocycles. The van der Waals surface area contributed by atoms with Crippen molar-refractivity contribution in [3.05, 3.63) is 0 Å². The highest BCUT2D eigenvalue weighted by Crippen LogP contribution is 2.68. The molecule has 2 nitrogen and oxygen atoms in total. The Balaban J connectivity index is 1.79. The summed E-state index contributed by atoms with van der Waals surface area (Å²) in [5.74, 6) is 3.14. The zero-order valence-electron chi connectivity index (χ0n) is 7.24. The van der Waals surface area contributed by atoms with E-state index < -0.39 is 0 Å². The van der Waals surface area contributed by atoms with E-state index in [2.05, 4.69) is 10.2 Å². The Kier molecular flexibility index (Phi) is 0.823. The lowest BCUT2D eigenvalue weighted by Gasteiger charge is -2.30. The maximum atomic E-state index is 4.20. The highest BCUT2D eigenvalue weighted by atomic mass is 15.4. The molecule has 4 aliphatic carbocycles. The van der Waals surface area contributed by atoms with Crippen molar-refractivity contribution in [3.8, 4) is 0 Å². The van der Waals surface area contributed by atoms with Crippen LogP contribution in [0.25, 0.3) is 0 Å². The summed E-state index contributed by atoms with van der Waals surface area (Å²) in [4.78, 5) is 0. The second-order valence-electron chi connectivity index (χ2n) is 5.38. The molecular formula is C10H14N2. The normalized spacial score (nSPS) is 60.2. The molecule has 0 spiro atoms. The van der Waals surface area contributed by atoms with Gasteiger partial charge in [0.1, 0.15) is 0 Å². The van der Waals surface area contributed by atoms with Gasteiger partial charge < -0.3 is 0 Å². The van der Waals surface area contributed by atoms with Crippen molar-refractivity contribution in [1.82, 2.24) is 0 Å². The number of hydrogen-bond donors (Lipinski definition) is 0. The molecule has 2 heteroatoms. The van der Waals surface area contributed by atoms with Crippen LogP contribution >= 0.6 is 0 Å². The minimum Gasteiger partial charge on any atom is -0.162 e. The van der Waals surface area contributed by atoms with Crippen LogP contribution in [0.5, 0.6) is 0 Å². The monoisotopic (exact) mass is 162 g/mol. The third-order valence-corrected chi connectivity index (χ3v) is 4.80. The lowest BCUT2D eigenvalue weighted by molar-refractivity contribution is 0.191. The molecule has 64 valence electrons. The van der Waals surface area contributed by atoms with Gasteiger partial charge in [-0.3, -0.25) is 0 Å². The van der Waals surface area contributed by atoms with Gasteiger partial charge in [0.25, 0.3) is 0 Å². The Hall–Kier alpha value is -0.400. The second-order valence-corrected chi connectivity index (χ2v) is 5.38. The first kappa shape index (κ1) is 6.11. The molecule has 0 aromatic rings. The smallest absolute Gasteiger partial charge is 0.162 e. The number of nitrogens with zero attached hydrogens (tertiary/aromatic N) is 2. The van der Waals surface area contributed by atoms with Crippen molar-refractivity contribution in [3.63, 3.8) is 0 Å². The van der Waals surface area contributed by atoms with Crippen LogP contribution in [0.2, 0.25) is 0 Å². The fourth-order valence-electron chi connectivity index (χ4n) is 4.54. The Morgan fingerprint density at radius 3 is 2.17 bits per heavy atom. The Morgan fingerprint density at radius 2 is 1.58 bits per heavy atom. The molecule has 1 aliphatic heterocycles. The van der Waals surface area contributed by atoms with E-state index >= 15 is 0 Å². The summed E-state index contributed by atoms with van der Waals surface area (Å²) in [6.45, 7) is 0. The molecule has 4 bridgehead atoms. The minimum atomic E-state index is 0.456. The molecule has 4 saturated carbocycles. The van der Waals surface area contributed by atoms with E-state index in [1.165, 1.54) is 32.1 Å². The van der Waals surface area contributed by atoms with E-state index in [-0.39, 0.29) is 0 Å². The molecule has 5 aliphatic rings. The van der Waals surface area contributed by atoms with E-state index in [4.69, 9.17) is 0 Å². The van der Waals surface area contributed by atoms with Gasteiger partial charge in [-0.25, -0.2) is 0 Å². The zero-order valence-corrected chi connectivity index (χ0v) is 7.24. The van der Waals surface area contributed by atoms with E-state index in [0.29, 0.717) is 11.6 Å². The van der Waals surface area contributed by atoms with Crippen LogP contribution in [0.1, 0.15) is 32.1 Å². The minimum absolute atomic E-state index is 0.456. The first-order valence-electron chi connectivity index (χ1n) is 5.27. The molecule has 0 radical (unpaired) electrons. The largest absolute Gasteiger partial charge is 0.186 e. The van der Waals surface area contributed by atoms with Gasteiger partial charge >= 0.3 is 0 Å². The maximum absolute atomic E-state index is 4.20. The van der Waals surface area contributed by atoms with E-state index in [9.17, 15) is 0 Å². The molecule has 4 atom stereocenters. The van der Waals surface area contributed by atoms with Crippen LogP contribution in [0, 0.1) is 23.2 Å². The van der Waals surface area contributed by atoms with Crippen molar-refractivity contribution >= 4 is 0 Å². The summed E-state index contributed by atoms with van der Waals surface area (Å²) in [5, 5.41) is 8.40. The highest BCUT2D eigenvalue weighted by Gasteiger charge is 2.63. The predicted octanol–water partition coefficient (Wildman–Crippen LogP) is 2.60. The average molecular weight is 162 g/mol. The zero-order chi connectivity index (χ0) is 7.76. The molecule has 1 heterocycles. The molecular weight excluding hydrogens is 148 g/mol. The predicted molar refractivity (Wildman–Crippen MR) is 44.6 cm³/mol. The SMILES string of the molecule is C1C2C[C@H]3C[C@@H]1CC2(C1N=N1)C3. The summed E-state index contributed by atoms with van der Waals surface area (Å²) in [7, 11) is 0. The first-order valence-corrected chi connectivity index (χ1v) is 5.27. The molecule has 0 saturated heterocycles. The van der Waals surface area contributed by atoms with Crippen molar-refractivity contribution in [2.45, 2.75) is 38.3 Å². The van der Waals surface area contributed by atoms with Crippen LogP contribution in [-0.4, -0.2) is 6.17 Å². The molecule has 0 amide bonds. The van der Waals surface area contributed by atoms with Crippen molar-refractivity contribution in [1.29, 1.82) is 0 Å². The van der Waals surface area contributed by atoms with Crippen LogP contribution < -0.4 is 0 Å². The molecule has 0 N–H and O–H groups in total. The fraction of sp³-hybridized carbons (Fsp3) is 1.00. The highest BCUT2D eigenvalue weighted by molar-refractivity contribution is 5.13. The number of rotatable bonds is 1. The topological polar surface area (TPSA) is 24.7 Å². The summed E-state index contributed by atoms with van der Waals surface area (Å²) in [5.41, 5.74) is 0.605. The molecule has 12 heavy (non-hydrogen) atoms. The van der Waals surface area contributed by atoms with Gasteiger partial charge in [-0.2, -0.15) is 10.2 Å². The molecule has 0 aromatic carbocycles. The van der Waals surface area contributed by atoms with Crippen LogP contribution in [0.3, 0.4) is 0 Å². The van der Waals surface area contributed by atoms with E-state index in [1.54, 1.807) is 0 Å². The van der Waals surface area contributed by atoms with Crippen molar-refractivity contribution in [2.75, 3.05) is 0 Å². The molecule has 2 unspecified atom stereocenters. The average Bonchev–Trinajstić information content (AvgIpc) is 2.78. The van der Waals surface area contributed by atoms with Gasteiger partial charge in [-0.05, 0) is 49.9 Å². The van der Waals surface area contributed by atoms with E-state index in [0.717, 1.165) is 17.8 Å². The Morgan fingerprint density at radius 1 is 0.917 bits per heavy atom. The van der Waals surface area contributed by atoms with Crippen LogP contribution in [0.4, 0.5) is 0 Å². The van der Waals surface area contributed by atoms with Gasteiger partial charge in [-0.1, -0.05) is 0 Å². The summed E-state index contributed by atoms with van der Waals surface area (Å²) in [6.07, 6.45) is 7.94. The lowest BCUT2D eigenvalue weighted by atomic mass is 9.74. The van der Waals surface area contributed by atoms with Crippen LogP contribution in [0.15, 0.2) is 10.2 Å². The van der Waals surface area contributed by atoms with Crippen LogP contribution in [-0.2, 0) is 0 Å². The second kappa shape index (κ2) is 1.61. The fourth-order valence-corrected chi connectivity index (χ4v) is 4.54. The van der Waals surface area contributed by atoms with E-state index in [1.807, 2.05) is 0 Å². The molecule has 4 fully saturated rings. The van der Waals surface area contributed by atoms with Gasteiger partial charge in [0.2, 0.25) is 0 Å². The quantitative estimate of drug-likeness (QED) is 0.566. The maximum Gasteiger partial charge on any atom is 0.186 e. The van der Waals surface area contributed by atoms with Gasteiger partial charge in [0, 0.05) is 5.41 Å². The van der Waals surface area contributed by atoms with Crippen molar-refractivity contribution < 1.29 is 0 Å². The number of hydrogen-bond acceptors (Lipinski definition) is 2. The van der Waals surface area contributed by atoms with Gasteiger partial charge in [0.15, 0.2) is 6.17 Å². The Bertz CT molecular complexity index is 251. The molecule has 5 rings (SSSR count). The van der Waals surface area contributed by atoms with Gasteiger partial charge in [-0.15, -0.1) is 0 Å². The Labute approximate surface area is 72.4 Å². The summed E-state index contributed by atoms with van der Waals surface area (Å²) < 4.78 is 0. The van der Waals surface area contributed by atoms with Gasteiger partial charge in [0.05, 0.1) is 0 Å². The van der Waals surface area contributed by atoms with Crippen molar-refractivity contribution in [2.24, 2.45) is 33.4 Å².